The molecule has 2 aromatic carbocycles. The van der Waals surface area contributed by atoms with Gasteiger partial charge in [-0.3, -0.25) is 0 Å². The highest BCUT2D eigenvalue weighted by molar-refractivity contribution is 5.98. The van der Waals surface area contributed by atoms with E-state index in [0.29, 0.717) is 17.0 Å². The van der Waals surface area contributed by atoms with E-state index in [1.54, 1.807) is 42.5 Å². The minimum Gasteiger partial charge on any atom is -0.489 e. The van der Waals surface area contributed by atoms with Crippen LogP contribution in [-0.4, -0.2) is 26.2 Å². The molecule has 0 saturated carbocycles. The predicted octanol–water partition coefficient (Wildman–Crippen LogP) is 3.05. The molecule has 0 fully saturated rings. The first-order chi connectivity index (χ1) is 12.5. The smallest absolute Gasteiger partial charge is 0.354 e. The minimum absolute atomic E-state index is 0.0536. The molecule has 0 radical (unpaired) electrons. The SMILES string of the molecule is COC(=O)/C=C(/Nc1cccc(OCc2ccccc2F)c1)C(=O)OC. The number of ether oxygens (including phenoxy) is 3. The number of methoxy groups -OCH3 is 2. The van der Waals surface area contributed by atoms with Crippen LogP contribution in [0.4, 0.5) is 10.1 Å². The summed E-state index contributed by atoms with van der Waals surface area (Å²) in [7, 11) is 2.40. The number of anilines is 1. The molecule has 0 atom stereocenters. The molecule has 6 nitrogen and oxygen atoms in total. The van der Waals surface area contributed by atoms with Crippen LogP contribution < -0.4 is 10.1 Å². The molecule has 26 heavy (non-hydrogen) atoms. The Morgan fingerprint density at radius 3 is 2.54 bits per heavy atom. The first-order valence-corrected chi connectivity index (χ1v) is 7.64. The Hall–Kier alpha value is -3.35. The van der Waals surface area contributed by atoms with Crippen molar-refractivity contribution >= 4 is 17.6 Å². The van der Waals surface area contributed by atoms with Crippen LogP contribution in [0, 0.1) is 5.82 Å². The zero-order valence-electron chi connectivity index (χ0n) is 14.3. The van der Waals surface area contributed by atoms with Crippen LogP contribution in [0.2, 0.25) is 0 Å². The quantitative estimate of drug-likeness (QED) is 0.605. The first-order valence-electron chi connectivity index (χ1n) is 7.64. The van der Waals surface area contributed by atoms with Gasteiger partial charge in [-0.1, -0.05) is 24.3 Å². The summed E-state index contributed by atoms with van der Waals surface area (Å²) in [5.41, 5.74) is 0.814. The maximum absolute atomic E-state index is 13.6. The van der Waals surface area contributed by atoms with E-state index < -0.39 is 11.9 Å². The molecule has 0 amide bonds. The Balaban J connectivity index is 2.12. The lowest BCUT2D eigenvalue weighted by Crippen LogP contribution is -2.15. The Kier molecular flexibility index (Phi) is 6.73. The van der Waals surface area contributed by atoms with Crippen molar-refractivity contribution < 1.29 is 28.2 Å². The standard InChI is InChI=1S/C19H18FNO5/c1-24-18(22)11-17(19(23)25-2)21-14-7-5-8-15(10-14)26-12-13-6-3-4-9-16(13)20/h3-11,21H,12H2,1-2H3/b17-11+. The molecule has 0 unspecified atom stereocenters. The molecule has 0 aliphatic heterocycles. The van der Waals surface area contributed by atoms with Gasteiger partial charge < -0.3 is 19.5 Å². The summed E-state index contributed by atoms with van der Waals surface area (Å²) in [4.78, 5) is 23.2. The van der Waals surface area contributed by atoms with Gasteiger partial charge in [-0.15, -0.1) is 0 Å². The average Bonchev–Trinajstić information content (AvgIpc) is 2.66. The van der Waals surface area contributed by atoms with Crippen LogP contribution in [0.3, 0.4) is 0 Å². The molecule has 0 saturated heterocycles. The van der Waals surface area contributed by atoms with Gasteiger partial charge in [0, 0.05) is 17.3 Å². The van der Waals surface area contributed by atoms with Crippen molar-refractivity contribution in [2.75, 3.05) is 19.5 Å². The van der Waals surface area contributed by atoms with E-state index in [9.17, 15) is 14.0 Å². The fourth-order valence-corrected chi connectivity index (χ4v) is 2.03. The highest BCUT2D eigenvalue weighted by Crippen LogP contribution is 2.21. The molecule has 0 aliphatic rings. The van der Waals surface area contributed by atoms with Crippen LogP contribution in [0.15, 0.2) is 60.3 Å². The van der Waals surface area contributed by atoms with Gasteiger partial charge in [0.1, 0.15) is 23.9 Å². The zero-order valence-corrected chi connectivity index (χ0v) is 14.3. The highest BCUT2D eigenvalue weighted by atomic mass is 19.1. The number of esters is 2. The highest BCUT2D eigenvalue weighted by Gasteiger charge is 2.13. The number of hydrogen-bond acceptors (Lipinski definition) is 6. The second-order valence-corrected chi connectivity index (χ2v) is 5.11. The fraction of sp³-hybridized carbons (Fsp3) is 0.158. The molecule has 136 valence electrons. The maximum atomic E-state index is 13.6. The lowest BCUT2D eigenvalue weighted by molar-refractivity contribution is -0.138. The van der Waals surface area contributed by atoms with Crippen molar-refractivity contribution in [3.8, 4) is 5.75 Å². The molecular formula is C19H18FNO5. The molecular weight excluding hydrogens is 341 g/mol. The fourth-order valence-electron chi connectivity index (χ4n) is 2.03. The van der Waals surface area contributed by atoms with E-state index in [1.165, 1.54) is 20.3 Å². The number of carbonyl (C=O) groups excluding carboxylic acids is 2. The van der Waals surface area contributed by atoms with Crippen LogP contribution in [-0.2, 0) is 25.7 Å². The molecule has 2 rings (SSSR count). The van der Waals surface area contributed by atoms with Gasteiger partial charge in [-0.2, -0.15) is 0 Å². The van der Waals surface area contributed by atoms with Gasteiger partial charge in [0.15, 0.2) is 0 Å². The Labute approximate surface area is 150 Å². The summed E-state index contributed by atoms with van der Waals surface area (Å²) in [6.45, 7) is 0.0536. The van der Waals surface area contributed by atoms with Gasteiger partial charge in [0.05, 0.1) is 20.3 Å². The molecule has 0 bridgehead atoms. The second kappa shape index (κ2) is 9.22. The molecule has 0 aliphatic carbocycles. The van der Waals surface area contributed by atoms with Crippen molar-refractivity contribution in [3.63, 3.8) is 0 Å². The largest absolute Gasteiger partial charge is 0.489 e. The monoisotopic (exact) mass is 359 g/mol. The molecule has 7 heteroatoms. The predicted molar refractivity (Wildman–Crippen MR) is 92.9 cm³/mol. The first kappa shape index (κ1) is 19.0. The third-order valence-corrected chi connectivity index (χ3v) is 3.33. The lowest BCUT2D eigenvalue weighted by atomic mass is 10.2. The number of halogens is 1. The maximum Gasteiger partial charge on any atom is 0.354 e. The van der Waals surface area contributed by atoms with Crippen LogP contribution in [0.25, 0.3) is 0 Å². The molecule has 1 N–H and O–H groups in total. The summed E-state index contributed by atoms with van der Waals surface area (Å²) >= 11 is 0. The number of benzene rings is 2. The summed E-state index contributed by atoms with van der Waals surface area (Å²) in [5.74, 6) is -1.32. The van der Waals surface area contributed by atoms with Crippen molar-refractivity contribution in [1.29, 1.82) is 0 Å². The van der Waals surface area contributed by atoms with Gasteiger partial charge in [0.25, 0.3) is 0 Å². The van der Waals surface area contributed by atoms with E-state index in [2.05, 4.69) is 14.8 Å². The van der Waals surface area contributed by atoms with E-state index in [1.807, 2.05) is 0 Å². The Morgan fingerprint density at radius 1 is 1.08 bits per heavy atom. The number of carbonyl (C=O) groups is 2. The zero-order chi connectivity index (χ0) is 18.9. The van der Waals surface area contributed by atoms with Gasteiger partial charge in [0.2, 0.25) is 0 Å². The molecule has 2 aromatic rings. The van der Waals surface area contributed by atoms with Crippen molar-refractivity contribution in [1.82, 2.24) is 0 Å². The van der Waals surface area contributed by atoms with Gasteiger partial charge in [-0.25, -0.2) is 14.0 Å². The summed E-state index contributed by atoms with van der Waals surface area (Å²) < 4.78 is 28.3. The van der Waals surface area contributed by atoms with E-state index in [4.69, 9.17) is 4.74 Å². The number of hydrogen-bond donors (Lipinski definition) is 1. The van der Waals surface area contributed by atoms with Crippen molar-refractivity contribution in [2.24, 2.45) is 0 Å². The van der Waals surface area contributed by atoms with Crippen LogP contribution >= 0.6 is 0 Å². The number of nitrogens with one attached hydrogen (secondary N) is 1. The van der Waals surface area contributed by atoms with Crippen LogP contribution in [0.1, 0.15) is 5.56 Å². The summed E-state index contributed by atoms with van der Waals surface area (Å²) in [5, 5.41) is 2.78. The Morgan fingerprint density at radius 2 is 1.85 bits per heavy atom. The number of rotatable bonds is 7. The minimum atomic E-state index is -0.729. The van der Waals surface area contributed by atoms with Crippen molar-refractivity contribution in [2.45, 2.75) is 6.61 Å². The van der Waals surface area contributed by atoms with E-state index >= 15 is 0 Å². The van der Waals surface area contributed by atoms with Crippen LogP contribution in [0.5, 0.6) is 5.75 Å². The second-order valence-electron chi connectivity index (χ2n) is 5.11. The third kappa shape index (κ3) is 5.34. The van der Waals surface area contributed by atoms with Gasteiger partial charge in [-0.05, 0) is 18.2 Å². The molecule has 0 spiro atoms. The van der Waals surface area contributed by atoms with Crippen molar-refractivity contribution in [3.05, 3.63) is 71.7 Å². The normalized spacial score (nSPS) is 10.8. The molecule has 0 heterocycles. The summed E-state index contributed by atoms with van der Waals surface area (Å²) in [6, 6.07) is 13.0. The van der Waals surface area contributed by atoms with E-state index in [-0.39, 0.29) is 18.1 Å². The summed E-state index contributed by atoms with van der Waals surface area (Å²) in [6.07, 6.45) is 0.985. The third-order valence-electron chi connectivity index (χ3n) is 3.33. The Bertz CT molecular complexity index is 819. The van der Waals surface area contributed by atoms with Gasteiger partial charge >= 0.3 is 11.9 Å². The van der Waals surface area contributed by atoms with E-state index in [0.717, 1.165) is 6.08 Å². The molecule has 0 aromatic heterocycles. The average molecular weight is 359 g/mol. The topological polar surface area (TPSA) is 73.9 Å². The lowest BCUT2D eigenvalue weighted by Gasteiger charge is -2.11.